The van der Waals surface area contributed by atoms with Gasteiger partial charge in [-0.25, -0.2) is 13.8 Å². The number of aryl methyl sites for hydroxylation is 1. The zero-order chi connectivity index (χ0) is 25.7. The van der Waals surface area contributed by atoms with Crippen LogP contribution < -0.4 is 9.64 Å². The molecule has 0 radical (unpaired) electrons. The van der Waals surface area contributed by atoms with Crippen molar-refractivity contribution < 1.29 is 28.2 Å². The second-order valence-electron chi connectivity index (χ2n) is 8.16. The summed E-state index contributed by atoms with van der Waals surface area (Å²) in [7, 11) is 1.39. The minimum atomic E-state index is -1.10. The van der Waals surface area contributed by atoms with Crippen LogP contribution in [0.1, 0.15) is 22.7 Å². The van der Waals surface area contributed by atoms with Crippen LogP contribution in [0.15, 0.2) is 60.2 Å². The van der Waals surface area contributed by atoms with Gasteiger partial charge in [-0.1, -0.05) is 52.8 Å². The zero-order valence-corrected chi connectivity index (χ0v) is 20.5. The molecule has 1 amide bonds. The summed E-state index contributed by atoms with van der Waals surface area (Å²) < 4.78 is 33.7. The maximum absolute atomic E-state index is 14.4. The number of anilines is 1. The molecule has 3 aromatic carbocycles. The van der Waals surface area contributed by atoms with Gasteiger partial charge < -0.3 is 9.84 Å². The van der Waals surface area contributed by atoms with Gasteiger partial charge in [0.1, 0.15) is 22.8 Å². The lowest BCUT2D eigenvalue weighted by atomic mass is 9.94. The Balaban J connectivity index is 1.78. The fourth-order valence-electron chi connectivity index (χ4n) is 4.24. The van der Waals surface area contributed by atoms with E-state index in [1.54, 1.807) is 24.3 Å². The third kappa shape index (κ3) is 3.90. The average Bonchev–Trinajstić information content (AvgIpc) is 3.37. The van der Waals surface area contributed by atoms with Gasteiger partial charge >= 0.3 is 5.91 Å². The van der Waals surface area contributed by atoms with Crippen LogP contribution in [-0.4, -0.2) is 28.9 Å². The number of halogens is 3. The summed E-state index contributed by atoms with van der Waals surface area (Å²) in [4.78, 5) is 32.0. The maximum atomic E-state index is 14.4. The van der Waals surface area contributed by atoms with E-state index in [-0.39, 0.29) is 37.3 Å². The second kappa shape index (κ2) is 9.00. The summed E-state index contributed by atoms with van der Waals surface area (Å²) in [5.41, 5.74) is 1.14. The van der Waals surface area contributed by atoms with Crippen LogP contribution in [0.4, 0.5) is 13.9 Å². The van der Waals surface area contributed by atoms with E-state index in [1.165, 1.54) is 19.2 Å². The molecule has 1 atom stereocenters. The minimum absolute atomic E-state index is 0.0137. The van der Waals surface area contributed by atoms with Gasteiger partial charge in [0.25, 0.3) is 5.78 Å². The van der Waals surface area contributed by atoms with Crippen molar-refractivity contribution in [3.8, 4) is 5.75 Å². The normalized spacial score (nSPS) is 17.2. The van der Waals surface area contributed by atoms with Crippen LogP contribution in [-0.2, 0) is 9.59 Å². The summed E-state index contributed by atoms with van der Waals surface area (Å²) in [5.74, 6) is -3.86. The molecule has 2 heterocycles. The Morgan fingerprint density at radius 3 is 2.64 bits per heavy atom. The van der Waals surface area contributed by atoms with Gasteiger partial charge in [0.2, 0.25) is 0 Å². The van der Waals surface area contributed by atoms with Crippen LogP contribution in [0.25, 0.3) is 16.0 Å². The molecule has 1 aliphatic heterocycles. The summed E-state index contributed by atoms with van der Waals surface area (Å²) in [6.45, 7) is 1.84. The number of carbonyl (C=O) groups excluding carboxylic acids is 2. The Labute approximate surface area is 213 Å². The van der Waals surface area contributed by atoms with E-state index >= 15 is 0 Å². The summed E-state index contributed by atoms with van der Waals surface area (Å²) >= 11 is 7.00. The molecule has 36 heavy (non-hydrogen) atoms. The fourth-order valence-corrected chi connectivity index (χ4v) is 5.45. The number of aromatic nitrogens is 1. The van der Waals surface area contributed by atoms with Gasteiger partial charge in [-0.2, -0.15) is 0 Å². The van der Waals surface area contributed by atoms with E-state index in [0.717, 1.165) is 27.9 Å². The molecule has 1 saturated heterocycles. The number of carbonyl (C=O) groups is 2. The van der Waals surface area contributed by atoms with Crippen LogP contribution in [0, 0.1) is 18.6 Å². The molecular weight excluding hydrogens is 510 g/mol. The van der Waals surface area contributed by atoms with E-state index in [1.807, 2.05) is 13.0 Å². The van der Waals surface area contributed by atoms with Gasteiger partial charge in [-0.15, -0.1) is 0 Å². The van der Waals surface area contributed by atoms with Crippen molar-refractivity contribution in [1.29, 1.82) is 0 Å². The number of methoxy groups -OCH3 is 1. The number of aliphatic hydroxyl groups excluding tert-OH is 1. The quantitative estimate of drug-likeness (QED) is 0.195. The highest BCUT2D eigenvalue weighted by molar-refractivity contribution is 7.22. The molecule has 0 aliphatic carbocycles. The minimum Gasteiger partial charge on any atom is -0.507 e. The number of ether oxygens (including phenoxy) is 1. The molecule has 0 bridgehead atoms. The molecule has 4 aromatic rings. The Morgan fingerprint density at radius 1 is 1.14 bits per heavy atom. The van der Waals surface area contributed by atoms with Crippen molar-refractivity contribution in [3.05, 3.63) is 93.5 Å². The molecule has 1 aliphatic rings. The summed E-state index contributed by atoms with van der Waals surface area (Å²) in [6, 6.07) is 12.3. The number of ketones is 1. The van der Waals surface area contributed by atoms with E-state index in [4.69, 9.17) is 16.3 Å². The van der Waals surface area contributed by atoms with Crippen molar-refractivity contribution in [3.63, 3.8) is 0 Å². The SMILES string of the molecule is COc1ccc(Cl)cc1/C(O)=C1\C(=O)C(=O)N(c2nc3c(F)cc(F)cc3s2)C1c1cccc(C)c1. The van der Waals surface area contributed by atoms with Crippen molar-refractivity contribution in [2.24, 2.45) is 0 Å². The van der Waals surface area contributed by atoms with Gasteiger partial charge in [-0.3, -0.25) is 14.5 Å². The molecule has 10 heteroatoms. The molecule has 0 spiro atoms. The number of fused-ring (bicyclic) bond motifs is 1. The first-order chi connectivity index (χ1) is 17.2. The predicted octanol–water partition coefficient (Wildman–Crippen LogP) is 6.17. The number of hydrogen-bond donors (Lipinski definition) is 1. The first-order valence-corrected chi connectivity index (χ1v) is 11.9. The Morgan fingerprint density at radius 2 is 1.92 bits per heavy atom. The lowest BCUT2D eigenvalue weighted by Crippen LogP contribution is -2.29. The first kappa shape index (κ1) is 23.9. The fraction of sp³-hybridized carbons (Fsp3) is 0.115. The van der Waals surface area contributed by atoms with Crippen LogP contribution in [0.3, 0.4) is 0 Å². The monoisotopic (exact) mass is 526 g/mol. The smallest absolute Gasteiger partial charge is 0.301 e. The van der Waals surface area contributed by atoms with Crippen molar-refractivity contribution >= 4 is 55.7 Å². The Bertz CT molecular complexity index is 1600. The van der Waals surface area contributed by atoms with Gasteiger partial charge in [0.15, 0.2) is 10.9 Å². The second-order valence-corrected chi connectivity index (χ2v) is 9.60. The molecule has 1 unspecified atom stereocenters. The van der Waals surface area contributed by atoms with Crippen molar-refractivity contribution in [2.75, 3.05) is 12.0 Å². The first-order valence-electron chi connectivity index (χ1n) is 10.7. The van der Waals surface area contributed by atoms with Gasteiger partial charge in [0, 0.05) is 11.1 Å². The number of Topliss-reactive ketones (excluding diaryl/α,β-unsaturated/α-hetero) is 1. The maximum Gasteiger partial charge on any atom is 0.301 e. The zero-order valence-electron chi connectivity index (χ0n) is 18.9. The number of nitrogens with zero attached hydrogens (tertiary/aromatic N) is 2. The topological polar surface area (TPSA) is 79.7 Å². The summed E-state index contributed by atoms with van der Waals surface area (Å²) in [5, 5.41) is 11.6. The van der Waals surface area contributed by atoms with E-state index in [0.29, 0.717) is 11.6 Å². The molecule has 1 N–H and O–H groups in total. The Kier molecular flexibility index (Phi) is 5.97. The van der Waals surface area contributed by atoms with Gasteiger partial charge in [0.05, 0.1) is 29.0 Å². The van der Waals surface area contributed by atoms with E-state index in [9.17, 15) is 23.5 Å². The lowest BCUT2D eigenvalue weighted by Gasteiger charge is -2.23. The number of benzene rings is 3. The molecule has 6 nitrogen and oxygen atoms in total. The van der Waals surface area contributed by atoms with Crippen LogP contribution >= 0.6 is 22.9 Å². The highest BCUT2D eigenvalue weighted by Gasteiger charge is 2.48. The molecule has 182 valence electrons. The van der Waals surface area contributed by atoms with Crippen LogP contribution in [0.5, 0.6) is 5.75 Å². The Hall–Kier alpha value is -3.82. The van der Waals surface area contributed by atoms with Crippen LogP contribution in [0.2, 0.25) is 5.02 Å². The number of rotatable bonds is 4. The third-order valence-corrected chi connectivity index (χ3v) is 7.06. The highest BCUT2D eigenvalue weighted by Crippen LogP contribution is 2.45. The van der Waals surface area contributed by atoms with Crippen molar-refractivity contribution in [2.45, 2.75) is 13.0 Å². The molecule has 0 saturated carbocycles. The van der Waals surface area contributed by atoms with Gasteiger partial charge in [-0.05, 0) is 36.8 Å². The number of aliphatic hydroxyl groups is 1. The van der Waals surface area contributed by atoms with E-state index in [2.05, 4.69) is 4.98 Å². The standard InChI is InChI=1S/C26H17ClF2N2O4S/c1-12-4-3-5-13(8-12)22-20(23(32)16-9-14(27)6-7-18(16)35-2)24(33)25(34)31(22)26-30-21-17(29)10-15(28)11-19(21)36-26/h3-11,22,32H,1-2H3/b23-20+. The largest absolute Gasteiger partial charge is 0.507 e. The lowest BCUT2D eigenvalue weighted by molar-refractivity contribution is -0.132. The summed E-state index contributed by atoms with van der Waals surface area (Å²) in [6.07, 6.45) is 0. The predicted molar refractivity (Wildman–Crippen MR) is 134 cm³/mol. The number of amides is 1. The average molecular weight is 527 g/mol. The molecular formula is C26H17ClF2N2O4S. The molecule has 5 rings (SSSR count). The number of hydrogen-bond acceptors (Lipinski definition) is 6. The highest BCUT2D eigenvalue weighted by atomic mass is 35.5. The molecule has 1 fully saturated rings. The third-order valence-electron chi connectivity index (χ3n) is 5.83. The number of thiazole rings is 1. The molecule has 1 aromatic heterocycles. The van der Waals surface area contributed by atoms with E-state index < -0.39 is 35.1 Å². The van der Waals surface area contributed by atoms with Crippen molar-refractivity contribution in [1.82, 2.24) is 4.98 Å².